The van der Waals surface area contributed by atoms with E-state index in [4.69, 9.17) is 5.73 Å². The summed E-state index contributed by atoms with van der Waals surface area (Å²) in [6.07, 6.45) is 2.34. The highest BCUT2D eigenvalue weighted by Crippen LogP contribution is 2.31. The Morgan fingerprint density at radius 2 is 2.18 bits per heavy atom. The lowest BCUT2D eigenvalue weighted by Crippen LogP contribution is -2.41. The number of rotatable bonds is 2. The summed E-state index contributed by atoms with van der Waals surface area (Å²) in [5.41, 5.74) is 7.29. The molecule has 2 atom stereocenters. The Kier molecular flexibility index (Phi) is 3.67. The minimum atomic E-state index is -0.184. The molecule has 1 aliphatic rings. The topological polar surface area (TPSA) is 29.3 Å². The third kappa shape index (κ3) is 2.44. The van der Waals surface area contributed by atoms with Crippen molar-refractivity contribution in [3.05, 3.63) is 29.6 Å². The Labute approximate surface area is 103 Å². The van der Waals surface area contributed by atoms with Crippen LogP contribution in [0.3, 0.4) is 0 Å². The van der Waals surface area contributed by atoms with Crippen molar-refractivity contribution in [3.63, 3.8) is 0 Å². The van der Waals surface area contributed by atoms with Crippen LogP contribution in [-0.2, 0) is 6.54 Å². The maximum atomic E-state index is 13.7. The normalized spacial score (nSPS) is 25.1. The van der Waals surface area contributed by atoms with Crippen LogP contribution < -0.4 is 10.6 Å². The third-order valence-corrected chi connectivity index (χ3v) is 3.75. The largest absolute Gasteiger partial charge is 0.368 e. The van der Waals surface area contributed by atoms with Crippen LogP contribution in [0, 0.1) is 11.7 Å². The van der Waals surface area contributed by atoms with Crippen LogP contribution in [0.1, 0.15) is 32.3 Å². The van der Waals surface area contributed by atoms with Crippen molar-refractivity contribution in [2.45, 2.75) is 39.3 Å². The van der Waals surface area contributed by atoms with Gasteiger partial charge in [0.2, 0.25) is 0 Å². The van der Waals surface area contributed by atoms with Crippen molar-refractivity contribution >= 4 is 5.69 Å². The van der Waals surface area contributed by atoms with Crippen molar-refractivity contribution in [2.75, 3.05) is 11.4 Å². The van der Waals surface area contributed by atoms with Gasteiger partial charge in [0.05, 0.1) is 0 Å². The molecule has 3 heteroatoms. The summed E-state index contributed by atoms with van der Waals surface area (Å²) in [6.45, 7) is 5.75. The first-order valence-corrected chi connectivity index (χ1v) is 6.37. The molecule has 0 saturated carbocycles. The minimum absolute atomic E-state index is 0.184. The molecule has 0 radical (unpaired) electrons. The van der Waals surface area contributed by atoms with Crippen LogP contribution in [-0.4, -0.2) is 12.6 Å². The number of hydrogen-bond acceptors (Lipinski definition) is 2. The molecule has 1 saturated heterocycles. The second-order valence-corrected chi connectivity index (χ2v) is 5.11. The highest BCUT2D eigenvalue weighted by Gasteiger charge is 2.25. The predicted molar refractivity (Wildman–Crippen MR) is 69.5 cm³/mol. The average molecular weight is 236 g/mol. The highest BCUT2D eigenvalue weighted by atomic mass is 19.1. The summed E-state index contributed by atoms with van der Waals surface area (Å²) >= 11 is 0. The molecule has 0 aromatic heterocycles. The maximum absolute atomic E-state index is 13.7. The molecule has 94 valence electrons. The van der Waals surface area contributed by atoms with E-state index in [2.05, 4.69) is 18.7 Å². The van der Waals surface area contributed by atoms with Crippen LogP contribution in [0.5, 0.6) is 0 Å². The lowest BCUT2D eigenvalue weighted by Gasteiger charge is -2.39. The van der Waals surface area contributed by atoms with Gasteiger partial charge in [-0.25, -0.2) is 4.39 Å². The summed E-state index contributed by atoms with van der Waals surface area (Å²) in [5, 5.41) is 0. The fraction of sp³-hybridized carbons (Fsp3) is 0.571. The van der Waals surface area contributed by atoms with Gasteiger partial charge in [0.25, 0.3) is 0 Å². The van der Waals surface area contributed by atoms with E-state index in [-0.39, 0.29) is 12.4 Å². The zero-order chi connectivity index (χ0) is 12.4. The summed E-state index contributed by atoms with van der Waals surface area (Å²) in [6, 6.07) is 5.71. The van der Waals surface area contributed by atoms with Gasteiger partial charge >= 0.3 is 0 Å². The van der Waals surface area contributed by atoms with E-state index >= 15 is 0 Å². The summed E-state index contributed by atoms with van der Waals surface area (Å²) in [4.78, 5) is 2.30. The Morgan fingerprint density at radius 1 is 1.41 bits per heavy atom. The number of halogens is 1. The first-order chi connectivity index (χ1) is 8.13. The van der Waals surface area contributed by atoms with Crippen molar-refractivity contribution in [1.82, 2.24) is 0 Å². The van der Waals surface area contributed by atoms with Gasteiger partial charge in [-0.15, -0.1) is 0 Å². The second kappa shape index (κ2) is 5.05. The Morgan fingerprint density at radius 3 is 2.82 bits per heavy atom. The van der Waals surface area contributed by atoms with Gasteiger partial charge in [0.15, 0.2) is 0 Å². The lowest BCUT2D eigenvalue weighted by atomic mass is 9.92. The van der Waals surface area contributed by atoms with E-state index in [9.17, 15) is 4.39 Å². The van der Waals surface area contributed by atoms with Gasteiger partial charge in [-0.1, -0.05) is 13.0 Å². The second-order valence-electron chi connectivity index (χ2n) is 5.11. The third-order valence-electron chi connectivity index (χ3n) is 3.75. The zero-order valence-electron chi connectivity index (χ0n) is 10.6. The molecule has 1 heterocycles. The Hall–Kier alpha value is -1.09. The van der Waals surface area contributed by atoms with Crippen molar-refractivity contribution in [2.24, 2.45) is 11.7 Å². The average Bonchev–Trinajstić information content (AvgIpc) is 2.29. The molecule has 0 amide bonds. The Balaban J connectivity index is 2.30. The molecule has 2 rings (SSSR count). The van der Waals surface area contributed by atoms with Gasteiger partial charge in [-0.3, -0.25) is 0 Å². The van der Waals surface area contributed by atoms with Gasteiger partial charge in [0.1, 0.15) is 5.82 Å². The van der Waals surface area contributed by atoms with Crippen molar-refractivity contribution in [3.8, 4) is 0 Å². The zero-order valence-corrected chi connectivity index (χ0v) is 10.6. The van der Waals surface area contributed by atoms with E-state index in [0.29, 0.717) is 11.6 Å². The molecule has 0 spiro atoms. The molecular weight excluding hydrogens is 215 g/mol. The molecule has 0 aliphatic carbocycles. The molecule has 2 nitrogen and oxygen atoms in total. The Bertz CT molecular complexity index is 392. The SMILES string of the molecule is CC1CCN(c2cccc(F)c2CN)C(C)C1. The predicted octanol–water partition coefficient (Wildman–Crippen LogP) is 2.91. The monoisotopic (exact) mass is 236 g/mol. The molecule has 1 aliphatic heterocycles. The summed E-state index contributed by atoms with van der Waals surface area (Å²) in [5.74, 6) is 0.576. The van der Waals surface area contributed by atoms with Crippen LogP contribution >= 0.6 is 0 Å². The van der Waals surface area contributed by atoms with Gasteiger partial charge < -0.3 is 10.6 Å². The molecule has 1 fully saturated rings. The number of anilines is 1. The molecule has 2 N–H and O–H groups in total. The first-order valence-electron chi connectivity index (χ1n) is 6.37. The van der Waals surface area contributed by atoms with Crippen LogP contribution in [0.4, 0.5) is 10.1 Å². The molecule has 0 bridgehead atoms. The number of benzene rings is 1. The van der Waals surface area contributed by atoms with E-state index in [1.165, 1.54) is 18.9 Å². The quantitative estimate of drug-likeness (QED) is 0.855. The van der Waals surface area contributed by atoms with Crippen LogP contribution in [0.2, 0.25) is 0 Å². The van der Waals surface area contributed by atoms with Crippen molar-refractivity contribution in [1.29, 1.82) is 0 Å². The van der Waals surface area contributed by atoms with Gasteiger partial charge in [0, 0.05) is 30.4 Å². The molecule has 17 heavy (non-hydrogen) atoms. The van der Waals surface area contributed by atoms with Gasteiger partial charge in [-0.2, -0.15) is 0 Å². The van der Waals surface area contributed by atoms with Gasteiger partial charge in [-0.05, 0) is 37.8 Å². The smallest absolute Gasteiger partial charge is 0.129 e. The fourth-order valence-electron chi connectivity index (χ4n) is 2.78. The first kappa shape index (κ1) is 12.4. The van der Waals surface area contributed by atoms with Crippen LogP contribution in [0.25, 0.3) is 0 Å². The number of hydrogen-bond donors (Lipinski definition) is 1. The lowest BCUT2D eigenvalue weighted by molar-refractivity contribution is 0.377. The minimum Gasteiger partial charge on any atom is -0.368 e. The highest BCUT2D eigenvalue weighted by molar-refractivity contribution is 5.55. The maximum Gasteiger partial charge on any atom is 0.129 e. The molecule has 2 unspecified atom stereocenters. The van der Waals surface area contributed by atoms with Crippen LogP contribution in [0.15, 0.2) is 18.2 Å². The standard InChI is InChI=1S/C14H21FN2/c1-10-6-7-17(11(2)8-10)14-5-3-4-13(15)12(14)9-16/h3-5,10-11H,6-9,16H2,1-2H3. The molecule has 1 aromatic carbocycles. The van der Waals surface area contributed by atoms with E-state index in [1.807, 2.05) is 6.07 Å². The van der Waals surface area contributed by atoms with Crippen molar-refractivity contribution < 1.29 is 4.39 Å². The number of nitrogens with two attached hydrogens (primary N) is 1. The van der Waals surface area contributed by atoms with E-state index < -0.39 is 0 Å². The summed E-state index contributed by atoms with van der Waals surface area (Å²) < 4.78 is 13.7. The molecule has 1 aromatic rings. The summed E-state index contributed by atoms with van der Waals surface area (Å²) in [7, 11) is 0. The molecular formula is C14H21FN2. The number of piperidine rings is 1. The van der Waals surface area contributed by atoms with E-state index in [0.717, 1.165) is 18.2 Å². The number of nitrogens with zero attached hydrogens (tertiary/aromatic N) is 1. The fourth-order valence-corrected chi connectivity index (χ4v) is 2.78. The van der Waals surface area contributed by atoms with E-state index in [1.54, 1.807) is 6.07 Å².